The number of ether oxygens (including phenoxy) is 1. The summed E-state index contributed by atoms with van der Waals surface area (Å²) in [5.41, 5.74) is 4.22. The topological polar surface area (TPSA) is 181 Å². The molecule has 5 amide bonds. The zero-order valence-corrected chi connectivity index (χ0v) is 33.2. The summed E-state index contributed by atoms with van der Waals surface area (Å²) in [7, 11) is 5.05. The molecule has 6 rings (SSSR count). The second kappa shape index (κ2) is 15.7. The fourth-order valence-corrected chi connectivity index (χ4v) is 7.28. The largest absolute Gasteiger partial charge is 0.443 e. The number of hydrogen-bond acceptors (Lipinski definition) is 7. The molecule has 3 aromatic heterocycles. The summed E-state index contributed by atoms with van der Waals surface area (Å²) in [5, 5.41) is 22.5. The van der Waals surface area contributed by atoms with Gasteiger partial charge in [-0.2, -0.15) is 0 Å². The van der Waals surface area contributed by atoms with E-state index in [1.165, 1.54) is 11.0 Å². The number of amides is 5. The zero-order chi connectivity index (χ0) is 40.6. The molecule has 4 heterocycles. The highest BCUT2D eigenvalue weighted by atomic mass is 35.5. The average molecular weight is 787 g/mol. The fourth-order valence-electron chi connectivity index (χ4n) is 7.03. The Kier molecular flexibility index (Phi) is 11.2. The molecule has 0 radical (unpaired) electrons. The van der Waals surface area contributed by atoms with Crippen LogP contribution in [0.15, 0.2) is 83.5 Å². The van der Waals surface area contributed by atoms with Crippen LogP contribution in [-0.4, -0.2) is 83.6 Å². The molecule has 3 atom stereocenters. The fraction of sp³-hybridized carbons (Fsp3) is 0.375. The lowest BCUT2D eigenvalue weighted by Crippen LogP contribution is -2.36. The molecule has 56 heavy (non-hydrogen) atoms. The van der Waals surface area contributed by atoms with Crippen molar-refractivity contribution in [2.75, 3.05) is 28.4 Å². The first-order chi connectivity index (χ1) is 26.5. The number of halogens is 1. The molecule has 3 aliphatic rings. The standard InChI is InChI=1S/C40H47ClN8O7/c1-8-9-34(51)42-24-13-30(46(5)19-24)37(53)44-26-15-32(48(7)21-26)38(54)45-25-14-31(47(6)20-25)36(52)43-23-10-11-27-28(12-23)33(50)16-29-35(27)22(17-41)18-49(29)39(55)56-40(2,3)4/h10-16,19-23,33,50H,8-9,17-18H2,1-7H3,(H,42,51)(H,43,52)(H,44,53)(H,45,54). The molecule has 1 aliphatic heterocycles. The van der Waals surface area contributed by atoms with Crippen LogP contribution >= 0.6 is 11.6 Å². The van der Waals surface area contributed by atoms with Crippen LogP contribution in [0.1, 0.15) is 72.0 Å². The van der Waals surface area contributed by atoms with Crippen LogP contribution in [0.4, 0.5) is 21.9 Å². The number of aryl methyl sites for hydroxylation is 3. The first-order valence-corrected chi connectivity index (χ1v) is 18.8. The summed E-state index contributed by atoms with van der Waals surface area (Å²) < 4.78 is 10.4. The summed E-state index contributed by atoms with van der Waals surface area (Å²) in [6.45, 7) is 7.61. The third kappa shape index (κ3) is 8.38. The van der Waals surface area contributed by atoms with E-state index < -0.39 is 41.6 Å². The Balaban J connectivity index is 1.10. The van der Waals surface area contributed by atoms with Gasteiger partial charge in [0.15, 0.2) is 0 Å². The van der Waals surface area contributed by atoms with Gasteiger partial charge in [0.1, 0.15) is 22.7 Å². The number of aromatic nitrogens is 3. The number of hydrogen-bond donors (Lipinski definition) is 5. The maximum Gasteiger partial charge on any atom is 0.414 e. The SMILES string of the molecule is CCCC(=O)Nc1cc(C(=O)Nc2cc(C(=O)Nc3cc(C(=O)NC4C=CC5=C6C(=CC(O)C5=C4)N(C(=O)OC(C)(C)C)CC6CCl)n(C)c3)n(C)c2)n(C)c1. The summed E-state index contributed by atoms with van der Waals surface area (Å²) in [6.07, 6.45) is 11.4. The van der Waals surface area contributed by atoms with Gasteiger partial charge in [0.25, 0.3) is 17.7 Å². The van der Waals surface area contributed by atoms with Gasteiger partial charge in [-0.05, 0) is 68.2 Å². The van der Waals surface area contributed by atoms with Crippen LogP contribution in [0.3, 0.4) is 0 Å². The minimum Gasteiger partial charge on any atom is -0.443 e. The number of allylic oxidation sites excluding steroid dienone is 2. The van der Waals surface area contributed by atoms with Crippen molar-refractivity contribution < 1.29 is 33.8 Å². The van der Waals surface area contributed by atoms with Crippen LogP contribution < -0.4 is 21.3 Å². The predicted octanol–water partition coefficient (Wildman–Crippen LogP) is 5.20. The molecule has 1 saturated heterocycles. The normalized spacial score (nSPS) is 18.8. The molecule has 15 nitrogen and oxygen atoms in total. The van der Waals surface area contributed by atoms with Gasteiger partial charge < -0.3 is 44.8 Å². The highest BCUT2D eigenvalue weighted by Crippen LogP contribution is 2.44. The van der Waals surface area contributed by atoms with Gasteiger partial charge in [-0.1, -0.05) is 25.2 Å². The summed E-state index contributed by atoms with van der Waals surface area (Å²) in [5.74, 6) is -1.34. The Hall–Kier alpha value is -5.80. The van der Waals surface area contributed by atoms with Crippen molar-refractivity contribution in [1.82, 2.24) is 23.9 Å². The summed E-state index contributed by atoms with van der Waals surface area (Å²) >= 11 is 6.36. The van der Waals surface area contributed by atoms with Crippen LogP contribution in [0.5, 0.6) is 0 Å². The Morgan fingerprint density at radius 2 is 1.38 bits per heavy atom. The first kappa shape index (κ1) is 39.9. The van der Waals surface area contributed by atoms with Crippen molar-refractivity contribution in [3.63, 3.8) is 0 Å². The minimum atomic E-state index is -1.04. The lowest BCUT2D eigenvalue weighted by Gasteiger charge is -2.30. The highest BCUT2D eigenvalue weighted by Gasteiger charge is 2.42. The number of fused-ring (bicyclic) bond motifs is 2. The van der Waals surface area contributed by atoms with E-state index in [0.29, 0.717) is 53.4 Å². The van der Waals surface area contributed by atoms with Crippen LogP contribution in [0.25, 0.3) is 0 Å². The zero-order valence-electron chi connectivity index (χ0n) is 32.4. The second-order valence-corrected chi connectivity index (χ2v) is 15.4. The molecule has 0 aromatic carbocycles. The number of likely N-dealkylation sites (tertiary alicyclic amines) is 1. The molecular weight excluding hydrogens is 740 g/mol. The van der Waals surface area contributed by atoms with Crippen molar-refractivity contribution in [3.8, 4) is 0 Å². The first-order valence-electron chi connectivity index (χ1n) is 18.3. The summed E-state index contributed by atoms with van der Waals surface area (Å²) in [4.78, 5) is 66.5. The van der Waals surface area contributed by atoms with E-state index in [1.807, 2.05) is 13.0 Å². The van der Waals surface area contributed by atoms with Gasteiger partial charge in [-0.25, -0.2) is 4.79 Å². The van der Waals surface area contributed by atoms with Crippen molar-refractivity contribution in [2.24, 2.45) is 27.1 Å². The average Bonchev–Trinajstić information content (AvgIpc) is 3.87. The number of carbonyl (C=O) groups excluding carboxylic acids is 5. The number of anilines is 3. The quantitative estimate of drug-likeness (QED) is 0.175. The number of carbonyl (C=O) groups is 5. The van der Waals surface area contributed by atoms with E-state index in [2.05, 4.69) is 21.3 Å². The van der Waals surface area contributed by atoms with E-state index in [-0.39, 0.29) is 29.1 Å². The number of alkyl halides is 1. The number of nitrogens with zero attached hydrogens (tertiary/aromatic N) is 4. The van der Waals surface area contributed by atoms with Crippen LogP contribution in [0, 0.1) is 5.92 Å². The molecule has 296 valence electrons. The predicted molar refractivity (Wildman–Crippen MR) is 212 cm³/mol. The Morgan fingerprint density at radius 3 is 1.89 bits per heavy atom. The molecule has 16 heteroatoms. The molecule has 2 aliphatic carbocycles. The van der Waals surface area contributed by atoms with Gasteiger partial charge in [0, 0.05) is 64.5 Å². The lowest BCUT2D eigenvalue weighted by atomic mass is 9.81. The molecule has 3 aromatic rings. The van der Waals surface area contributed by atoms with Gasteiger partial charge in [0.2, 0.25) is 5.91 Å². The van der Waals surface area contributed by atoms with E-state index in [9.17, 15) is 29.1 Å². The molecule has 0 saturated carbocycles. The maximum atomic E-state index is 13.5. The van der Waals surface area contributed by atoms with Gasteiger partial charge in [-0.3, -0.25) is 24.1 Å². The maximum absolute atomic E-state index is 13.5. The van der Waals surface area contributed by atoms with E-state index >= 15 is 0 Å². The van der Waals surface area contributed by atoms with Crippen molar-refractivity contribution >= 4 is 58.4 Å². The minimum absolute atomic E-state index is 0.136. The second-order valence-electron chi connectivity index (χ2n) is 15.1. The van der Waals surface area contributed by atoms with Crippen LogP contribution in [0.2, 0.25) is 0 Å². The lowest BCUT2D eigenvalue weighted by molar-refractivity contribution is -0.116. The molecule has 3 unspecified atom stereocenters. The Bertz CT molecular complexity index is 2230. The molecular formula is C40H47ClN8O7. The number of aliphatic hydroxyl groups excluding tert-OH is 1. The van der Waals surface area contributed by atoms with Gasteiger partial charge >= 0.3 is 6.09 Å². The number of nitrogens with one attached hydrogen (secondary N) is 4. The smallest absolute Gasteiger partial charge is 0.414 e. The van der Waals surface area contributed by atoms with Crippen molar-refractivity contribution in [3.05, 3.63) is 101 Å². The summed E-state index contributed by atoms with van der Waals surface area (Å²) in [6, 6.07) is 4.12. The highest BCUT2D eigenvalue weighted by molar-refractivity contribution is 6.18. The van der Waals surface area contributed by atoms with E-state index in [1.54, 1.807) is 105 Å². The third-order valence-corrected chi connectivity index (χ3v) is 9.90. The Morgan fingerprint density at radius 1 is 0.839 bits per heavy atom. The third-order valence-electron chi connectivity index (χ3n) is 9.53. The molecule has 5 N–H and O–H groups in total. The van der Waals surface area contributed by atoms with Crippen molar-refractivity contribution in [1.29, 1.82) is 0 Å². The molecule has 0 bridgehead atoms. The molecule has 0 spiro atoms. The Labute approximate surface area is 329 Å². The van der Waals surface area contributed by atoms with Crippen LogP contribution in [-0.2, 0) is 30.7 Å². The monoisotopic (exact) mass is 786 g/mol. The van der Waals surface area contributed by atoms with Crippen molar-refractivity contribution in [2.45, 2.75) is 58.3 Å². The van der Waals surface area contributed by atoms with E-state index in [4.69, 9.17) is 16.3 Å². The number of rotatable bonds is 10. The van der Waals surface area contributed by atoms with Gasteiger partial charge in [-0.15, -0.1) is 11.6 Å². The van der Waals surface area contributed by atoms with E-state index in [0.717, 1.165) is 11.1 Å². The number of aliphatic hydroxyl groups is 1. The van der Waals surface area contributed by atoms with Gasteiger partial charge in [0.05, 0.1) is 34.9 Å². The molecule has 1 fully saturated rings.